The van der Waals surface area contributed by atoms with Crippen molar-refractivity contribution < 1.29 is 18.0 Å². The molecule has 0 saturated carbocycles. The highest BCUT2D eigenvalue weighted by Crippen LogP contribution is 2.49. The highest BCUT2D eigenvalue weighted by atomic mass is 19.4. The summed E-state index contributed by atoms with van der Waals surface area (Å²) in [4.78, 5) is 11.5. The van der Waals surface area contributed by atoms with Gasteiger partial charge in [-0.15, -0.1) is 0 Å². The third kappa shape index (κ3) is 3.90. The van der Waals surface area contributed by atoms with Crippen LogP contribution in [0.4, 0.5) is 13.2 Å². The molecule has 1 nitrogen and oxygen atoms in total. The minimum absolute atomic E-state index is 0.0871. The molecule has 0 fully saturated rings. The Hall–Kier alpha value is -2.36. The van der Waals surface area contributed by atoms with Gasteiger partial charge in [0, 0.05) is 5.56 Å². The van der Waals surface area contributed by atoms with Crippen molar-refractivity contribution in [2.75, 3.05) is 0 Å². The summed E-state index contributed by atoms with van der Waals surface area (Å²) in [6.45, 7) is 13.6. The third-order valence-corrected chi connectivity index (χ3v) is 6.26. The molecule has 0 aromatic heterocycles. The zero-order valence-electron chi connectivity index (χ0n) is 17.6. The molecule has 0 bridgehead atoms. The molecular formula is C25H27F3O. The van der Waals surface area contributed by atoms with Gasteiger partial charge < -0.3 is 0 Å². The standard InChI is InChI=1S/C25H27F3O/c1-15(17-7-9-18(10-8-17)16(2)29)19-13-21-22(14-20(19)25(26,27)28)24(5,6)12-11-23(21,3)4/h7-10,13-14H,1,11-12H2,2-6H3. The number of benzene rings is 2. The van der Waals surface area contributed by atoms with Crippen LogP contribution in [0.3, 0.4) is 0 Å². The molecule has 0 aliphatic heterocycles. The SMILES string of the molecule is C=C(c1ccc(C(C)=O)cc1)c1cc2c(cc1C(F)(F)F)C(C)(C)CCC2(C)C. The molecule has 0 saturated heterocycles. The van der Waals surface area contributed by atoms with Crippen LogP contribution in [-0.4, -0.2) is 5.78 Å². The first kappa shape index (κ1) is 21.4. The van der Waals surface area contributed by atoms with Crippen LogP contribution in [0.15, 0.2) is 43.0 Å². The predicted molar refractivity (Wildman–Crippen MR) is 111 cm³/mol. The summed E-state index contributed by atoms with van der Waals surface area (Å²) < 4.78 is 42.1. The lowest BCUT2D eigenvalue weighted by Gasteiger charge is -2.42. The van der Waals surface area contributed by atoms with E-state index in [-0.39, 0.29) is 22.2 Å². The molecule has 3 rings (SSSR count). The molecule has 4 heteroatoms. The van der Waals surface area contributed by atoms with E-state index in [0.29, 0.717) is 16.7 Å². The van der Waals surface area contributed by atoms with Crippen LogP contribution in [0.5, 0.6) is 0 Å². The van der Waals surface area contributed by atoms with E-state index in [2.05, 4.69) is 20.4 Å². The maximum absolute atomic E-state index is 14.0. The van der Waals surface area contributed by atoms with E-state index in [1.165, 1.54) is 13.0 Å². The van der Waals surface area contributed by atoms with Crippen molar-refractivity contribution in [2.24, 2.45) is 0 Å². The summed E-state index contributed by atoms with van der Waals surface area (Å²) in [6, 6.07) is 9.60. The summed E-state index contributed by atoms with van der Waals surface area (Å²) in [5.74, 6) is -0.0871. The highest BCUT2D eigenvalue weighted by molar-refractivity contribution is 5.94. The van der Waals surface area contributed by atoms with Gasteiger partial charge in [-0.3, -0.25) is 4.79 Å². The molecule has 0 heterocycles. The molecule has 0 N–H and O–H groups in total. The van der Waals surface area contributed by atoms with E-state index in [1.807, 2.05) is 13.8 Å². The normalized spacial score (nSPS) is 17.5. The number of ketones is 1. The van der Waals surface area contributed by atoms with Crippen LogP contribution >= 0.6 is 0 Å². The minimum Gasteiger partial charge on any atom is -0.295 e. The van der Waals surface area contributed by atoms with Gasteiger partial charge in [0.2, 0.25) is 0 Å². The second-order valence-corrected chi connectivity index (χ2v) is 9.32. The molecule has 0 radical (unpaired) electrons. The fourth-order valence-electron chi connectivity index (χ4n) is 4.16. The fraction of sp³-hybridized carbons (Fsp3) is 0.400. The number of carbonyl (C=O) groups excluding carboxylic acids is 1. The lowest BCUT2D eigenvalue weighted by molar-refractivity contribution is -0.137. The molecule has 29 heavy (non-hydrogen) atoms. The summed E-state index contributed by atoms with van der Waals surface area (Å²) in [5, 5.41) is 0. The minimum atomic E-state index is -4.48. The number of hydrogen-bond acceptors (Lipinski definition) is 1. The van der Waals surface area contributed by atoms with Crippen molar-refractivity contribution in [3.05, 3.63) is 76.4 Å². The maximum atomic E-state index is 14.0. The van der Waals surface area contributed by atoms with Gasteiger partial charge in [-0.05, 0) is 70.6 Å². The number of rotatable bonds is 3. The van der Waals surface area contributed by atoms with Crippen LogP contribution < -0.4 is 0 Å². The number of carbonyl (C=O) groups is 1. The zero-order valence-corrected chi connectivity index (χ0v) is 17.6. The van der Waals surface area contributed by atoms with Gasteiger partial charge in [-0.25, -0.2) is 0 Å². The number of fused-ring (bicyclic) bond motifs is 1. The predicted octanol–water partition coefficient (Wildman–Crippen LogP) is 7.32. The number of alkyl halides is 3. The molecule has 0 unspecified atom stereocenters. The fourth-order valence-corrected chi connectivity index (χ4v) is 4.16. The summed E-state index contributed by atoms with van der Waals surface area (Å²) >= 11 is 0. The first-order valence-corrected chi connectivity index (χ1v) is 9.81. The van der Waals surface area contributed by atoms with Gasteiger partial charge >= 0.3 is 6.18 Å². The van der Waals surface area contributed by atoms with E-state index in [4.69, 9.17) is 0 Å². The first-order valence-electron chi connectivity index (χ1n) is 9.81. The van der Waals surface area contributed by atoms with Crippen molar-refractivity contribution in [3.8, 4) is 0 Å². The van der Waals surface area contributed by atoms with E-state index < -0.39 is 11.7 Å². The summed E-state index contributed by atoms with van der Waals surface area (Å²) in [7, 11) is 0. The van der Waals surface area contributed by atoms with Crippen molar-refractivity contribution in [1.82, 2.24) is 0 Å². The monoisotopic (exact) mass is 400 g/mol. The molecule has 1 aliphatic carbocycles. The molecule has 154 valence electrons. The highest BCUT2D eigenvalue weighted by Gasteiger charge is 2.42. The van der Waals surface area contributed by atoms with Crippen molar-refractivity contribution in [3.63, 3.8) is 0 Å². The van der Waals surface area contributed by atoms with Gasteiger partial charge in [0.05, 0.1) is 5.56 Å². The average Bonchev–Trinajstić information content (AvgIpc) is 2.63. The molecule has 2 aromatic rings. The Bertz CT molecular complexity index is 976. The van der Waals surface area contributed by atoms with E-state index in [1.54, 1.807) is 30.3 Å². The number of Topliss-reactive ketones (excluding diaryl/α,β-unsaturated/α-hetero) is 1. The molecular weight excluding hydrogens is 373 g/mol. The van der Waals surface area contributed by atoms with Gasteiger partial charge in [0.15, 0.2) is 5.78 Å². The average molecular weight is 400 g/mol. The second-order valence-electron chi connectivity index (χ2n) is 9.32. The Morgan fingerprint density at radius 1 is 0.897 bits per heavy atom. The second kappa shape index (κ2) is 6.86. The van der Waals surface area contributed by atoms with Gasteiger partial charge in [-0.1, -0.05) is 58.5 Å². The van der Waals surface area contributed by atoms with Crippen molar-refractivity contribution >= 4 is 11.4 Å². The molecule has 0 spiro atoms. The number of halogens is 3. The van der Waals surface area contributed by atoms with Crippen molar-refractivity contribution in [2.45, 2.75) is 64.5 Å². The van der Waals surface area contributed by atoms with Gasteiger partial charge in [-0.2, -0.15) is 13.2 Å². The van der Waals surface area contributed by atoms with E-state index in [0.717, 1.165) is 24.0 Å². The lowest BCUT2D eigenvalue weighted by Crippen LogP contribution is -2.34. The number of hydrogen-bond donors (Lipinski definition) is 0. The van der Waals surface area contributed by atoms with Crippen LogP contribution in [0, 0.1) is 0 Å². The Morgan fingerprint density at radius 2 is 1.34 bits per heavy atom. The molecule has 2 aromatic carbocycles. The van der Waals surface area contributed by atoms with Crippen LogP contribution in [-0.2, 0) is 17.0 Å². The quantitative estimate of drug-likeness (QED) is 0.493. The molecule has 1 aliphatic rings. The summed E-state index contributed by atoms with van der Waals surface area (Å²) in [6.07, 6.45) is -2.72. The Kier molecular flexibility index (Phi) is 5.05. The van der Waals surface area contributed by atoms with Crippen molar-refractivity contribution in [1.29, 1.82) is 0 Å². The van der Waals surface area contributed by atoms with E-state index >= 15 is 0 Å². The maximum Gasteiger partial charge on any atom is 0.417 e. The Labute approximate surface area is 170 Å². The first-order chi connectivity index (χ1) is 13.2. The van der Waals surface area contributed by atoms with Crippen LogP contribution in [0.2, 0.25) is 0 Å². The summed E-state index contributed by atoms with van der Waals surface area (Å²) in [5.41, 5.74) is 2.08. The largest absolute Gasteiger partial charge is 0.417 e. The van der Waals surface area contributed by atoms with Crippen LogP contribution in [0.25, 0.3) is 5.57 Å². The Morgan fingerprint density at radius 3 is 1.79 bits per heavy atom. The van der Waals surface area contributed by atoms with Gasteiger partial charge in [0.25, 0.3) is 0 Å². The van der Waals surface area contributed by atoms with Gasteiger partial charge in [0.1, 0.15) is 0 Å². The smallest absolute Gasteiger partial charge is 0.295 e. The third-order valence-electron chi connectivity index (χ3n) is 6.26. The topological polar surface area (TPSA) is 17.1 Å². The molecule has 0 atom stereocenters. The van der Waals surface area contributed by atoms with Crippen LogP contribution in [0.1, 0.15) is 85.6 Å². The Balaban J connectivity index is 2.22. The molecule has 0 amide bonds. The lowest BCUT2D eigenvalue weighted by atomic mass is 9.62. The van der Waals surface area contributed by atoms with E-state index in [9.17, 15) is 18.0 Å². The zero-order chi connectivity index (χ0) is 21.8.